The molecule has 1 aliphatic rings. The van der Waals surface area contributed by atoms with E-state index in [1.807, 2.05) is 20.9 Å². The van der Waals surface area contributed by atoms with Crippen molar-refractivity contribution in [2.75, 3.05) is 11.9 Å². The van der Waals surface area contributed by atoms with Gasteiger partial charge >= 0.3 is 0 Å². The largest absolute Gasteiger partial charge is 0.384 e. The van der Waals surface area contributed by atoms with Crippen LogP contribution in [0.3, 0.4) is 0 Å². The normalized spacial score (nSPS) is 15.9. The van der Waals surface area contributed by atoms with Crippen LogP contribution in [0.1, 0.15) is 42.5 Å². The van der Waals surface area contributed by atoms with E-state index in [-0.39, 0.29) is 5.84 Å². The summed E-state index contributed by atoms with van der Waals surface area (Å²) in [6.45, 7) is 3.85. The summed E-state index contributed by atoms with van der Waals surface area (Å²) >= 11 is 0. The second-order valence-electron chi connectivity index (χ2n) is 5.07. The molecule has 1 fully saturated rings. The van der Waals surface area contributed by atoms with Crippen LogP contribution >= 0.6 is 0 Å². The van der Waals surface area contributed by atoms with E-state index >= 15 is 0 Å². The van der Waals surface area contributed by atoms with Gasteiger partial charge in [-0.05, 0) is 32.3 Å². The van der Waals surface area contributed by atoms with E-state index in [1.165, 1.54) is 25.7 Å². The summed E-state index contributed by atoms with van der Waals surface area (Å²) in [7, 11) is 2.03. The number of anilines is 1. The Morgan fingerprint density at radius 1 is 1.28 bits per heavy atom. The lowest BCUT2D eigenvalue weighted by molar-refractivity contribution is 0.640. The zero-order chi connectivity index (χ0) is 13.3. The molecule has 0 spiro atoms. The van der Waals surface area contributed by atoms with Crippen LogP contribution in [0, 0.1) is 19.3 Å². The first-order chi connectivity index (χ1) is 8.52. The minimum absolute atomic E-state index is 0.0744. The quantitative estimate of drug-likeness (QED) is 0.630. The molecule has 5 heteroatoms. The fourth-order valence-corrected chi connectivity index (χ4v) is 2.63. The maximum absolute atomic E-state index is 7.76. The van der Waals surface area contributed by atoms with Crippen LogP contribution in [0.5, 0.6) is 0 Å². The topological polar surface area (TPSA) is 78.9 Å². The lowest BCUT2D eigenvalue weighted by atomic mass is 10.1. The Labute approximate surface area is 108 Å². The molecule has 0 amide bonds. The molecule has 0 saturated heterocycles. The standard InChI is InChI=1S/C13H21N5/c1-8-9(2)16-17-13(11(8)12(14)15)18(3)10-6-4-5-7-10/h10H,4-7H2,1-3H3,(H3,14,15). The van der Waals surface area contributed by atoms with Crippen LogP contribution in [0.2, 0.25) is 0 Å². The van der Waals surface area contributed by atoms with Gasteiger partial charge < -0.3 is 10.6 Å². The first-order valence-electron chi connectivity index (χ1n) is 6.43. The average Bonchev–Trinajstić information content (AvgIpc) is 2.84. The SMILES string of the molecule is Cc1nnc(N(C)C2CCCC2)c(C(=N)N)c1C. The van der Waals surface area contributed by atoms with Gasteiger partial charge in [-0.2, -0.15) is 5.10 Å². The Bertz CT molecular complexity index is 463. The van der Waals surface area contributed by atoms with Crippen molar-refractivity contribution in [3.63, 3.8) is 0 Å². The first kappa shape index (κ1) is 12.8. The van der Waals surface area contributed by atoms with Crippen molar-refractivity contribution in [3.05, 3.63) is 16.8 Å². The Morgan fingerprint density at radius 2 is 1.89 bits per heavy atom. The summed E-state index contributed by atoms with van der Waals surface area (Å²) in [6, 6.07) is 0.500. The predicted octanol–water partition coefficient (Wildman–Crippen LogP) is 1.76. The molecule has 1 aromatic heterocycles. The molecule has 1 aromatic rings. The number of hydrogen-bond acceptors (Lipinski definition) is 4. The Balaban J connectivity index is 2.43. The minimum Gasteiger partial charge on any atom is -0.384 e. The maximum Gasteiger partial charge on any atom is 0.162 e. The van der Waals surface area contributed by atoms with Gasteiger partial charge in [-0.25, -0.2) is 0 Å². The summed E-state index contributed by atoms with van der Waals surface area (Å²) in [5.41, 5.74) is 8.24. The molecule has 0 bridgehead atoms. The lowest BCUT2D eigenvalue weighted by Crippen LogP contribution is -2.33. The zero-order valence-corrected chi connectivity index (χ0v) is 11.3. The molecule has 18 heavy (non-hydrogen) atoms. The van der Waals surface area contributed by atoms with Crippen molar-refractivity contribution >= 4 is 11.7 Å². The van der Waals surface area contributed by atoms with E-state index in [9.17, 15) is 0 Å². The molecule has 1 aliphatic carbocycles. The highest BCUT2D eigenvalue weighted by Crippen LogP contribution is 2.28. The van der Waals surface area contributed by atoms with Gasteiger partial charge in [0, 0.05) is 13.1 Å². The van der Waals surface area contributed by atoms with Crippen LogP contribution in [-0.2, 0) is 0 Å². The van der Waals surface area contributed by atoms with Gasteiger partial charge in [0.15, 0.2) is 5.82 Å². The molecule has 2 rings (SSSR count). The molecule has 1 saturated carbocycles. The number of aromatic nitrogens is 2. The van der Waals surface area contributed by atoms with E-state index in [0.29, 0.717) is 6.04 Å². The fourth-order valence-electron chi connectivity index (χ4n) is 2.63. The number of rotatable bonds is 3. The maximum atomic E-state index is 7.76. The molecule has 0 aliphatic heterocycles. The van der Waals surface area contributed by atoms with Gasteiger partial charge in [-0.1, -0.05) is 12.8 Å². The lowest BCUT2D eigenvalue weighted by Gasteiger charge is -2.27. The smallest absolute Gasteiger partial charge is 0.162 e. The molecule has 1 heterocycles. The number of nitrogen functional groups attached to an aromatic ring is 1. The highest BCUT2D eigenvalue weighted by Gasteiger charge is 2.25. The molecule has 0 atom stereocenters. The number of hydrogen-bond donors (Lipinski definition) is 2. The van der Waals surface area contributed by atoms with E-state index in [0.717, 1.165) is 22.6 Å². The van der Waals surface area contributed by atoms with Crippen LogP contribution in [-0.4, -0.2) is 29.1 Å². The molecule has 98 valence electrons. The summed E-state index contributed by atoms with van der Waals surface area (Å²) < 4.78 is 0. The third-order valence-electron chi connectivity index (χ3n) is 3.91. The molecule has 0 unspecified atom stereocenters. The van der Waals surface area contributed by atoms with Crippen molar-refractivity contribution in [1.29, 1.82) is 5.41 Å². The van der Waals surface area contributed by atoms with Gasteiger partial charge in [-0.3, -0.25) is 5.41 Å². The van der Waals surface area contributed by atoms with Crippen molar-refractivity contribution in [1.82, 2.24) is 10.2 Å². The van der Waals surface area contributed by atoms with Crippen LogP contribution < -0.4 is 10.6 Å². The van der Waals surface area contributed by atoms with Crippen molar-refractivity contribution in [3.8, 4) is 0 Å². The Kier molecular flexibility index (Phi) is 3.50. The number of aryl methyl sites for hydroxylation is 1. The number of nitrogens with zero attached hydrogens (tertiary/aromatic N) is 3. The van der Waals surface area contributed by atoms with Crippen LogP contribution in [0.15, 0.2) is 0 Å². The molecule has 0 radical (unpaired) electrons. The molecule has 3 N–H and O–H groups in total. The molecule has 5 nitrogen and oxygen atoms in total. The Morgan fingerprint density at radius 3 is 2.44 bits per heavy atom. The van der Waals surface area contributed by atoms with Gasteiger partial charge in [0.2, 0.25) is 0 Å². The molecular weight excluding hydrogens is 226 g/mol. The third kappa shape index (κ3) is 2.17. The van der Waals surface area contributed by atoms with Crippen molar-refractivity contribution < 1.29 is 0 Å². The molecular formula is C13H21N5. The van der Waals surface area contributed by atoms with Crippen LogP contribution in [0.4, 0.5) is 5.82 Å². The second-order valence-corrected chi connectivity index (χ2v) is 5.07. The monoisotopic (exact) mass is 247 g/mol. The van der Waals surface area contributed by atoms with Crippen molar-refractivity contribution in [2.45, 2.75) is 45.6 Å². The summed E-state index contributed by atoms with van der Waals surface area (Å²) in [4.78, 5) is 2.14. The highest BCUT2D eigenvalue weighted by atomic mass is 15.3. The van der Waals surface area contributed by atoms with Gasteiger partial charge in [0.25, 0.3) is 0 Å². The highest BCUT2D eigenvalue weighted by molar-refractivity contribution is 6.01. The second kappa shape index (κ2) is 4.92. The predicted molar refractivity (Wildman–Crippen MR) is 73.2 cm³/mol. The van der Waals surface area contributed by atoms with E-state index in [4.69, 9.17) is 11.1 Å². The van der Waals surface area contributed by atoms with Gasteiger partial charge in [0.1, 0.15) is 5.84 Å². The molecule has 0 aromatic carbocycles. The van der Waals surface area contributed by atoms with E-state index in [1.54, 1.807) is 0 Å². The summed E-state index contributed by atoms with van der Waals surface area (Å²) in [5, 5.41) is 16.2. The van der Waals surface area contributed by atoms with Crippen LogP contribution in [0.25, 0.3) is 0 Å². The van der Waals surface area contributed by atoms with Crippen molar-refractivity contribution in [2.24, 2.45) is 5.73 Å². The van der Waals surface area contributed by atoms with Gasteiger partial charge in [-0.15, -0.1) is 5.10 Å². The first-order valence-corrected chi connectivity index (χ1v) is 6.43. The van der Waals surface area contributed by atoms with E-state index < -0.39 is 0 Å². The number of amidine groups is 1. The third-order valence-corrected chi connectivity index (χ3v) is 3.91. The zero-order valence-electron chi connectivity index (χ0n) is 11.3. The number of nitrogens with one attached hydrogen (secondary N) is 1. The minimum atomic E-state index is 0.0744. The Hall–Kier alpha value is -1.65. The summed E-state index contributed by atoms with van der Waals surface area (Å²) in [5.74, 6) is 0.822. The summed E-state index contributed by atoms with van der Waals surface area (Å²) in [6.07, 6.45) is 4.90. The van der Waals surface area contributed by atoms with Gasteiger partial charge in [0.05, 0.1) is 11.3 Å². The average molecular weight is 247 g/mol. The fraction of sp³-hybridized carbons (Fsp3) is 0.615. The number of nitrogens with two attached hydrogens (primary N) is 1. The van der Waals surface area contributed by atoms with E-state index in [2.05, 4.69) is 15.1 Å².